The first-order chi connectivity index (χ1) is 21.1. The summed E-state index contributed by atoms with van der Waals surface area (Å²) in [4.78, 5) is 11.7. The van der Waals surface area contributed by atoms with Gasteiger partial charge in [-0.3, -0.25) is 10.1 Å². The summed E-state index contributed by atoms with van der Waals surface area (Å²) < 4.78 is 143. The summed E-state index contributed by atoms with van der Waals surface area (Å²) in [6, 6.07) is 7.31. The van der Waals surface area contributed by atoms with Gasteiger partial charge in [-0.1, -0.05) is 29.3 Å². The minimum Gasteiger partial charge on any atom is -0.437 e. The van der Waals surface area contributed by atoms with Crippen LogP contribution in [0.2, 0.25) is 10.0 Å². The Kier molecular flexibility index (Phi) is 9.24. The van der Waals surface area contributed by atoms with Crippen LogP contribution in [0.5, 0.6) is 11.6 Å². The second-order valence-corrected chi connectivity index (χ2v) is 13.8. The molecule has 0 aliphatic heterocycles. The van der Waals surface area contributed by atoms with Crippen molar-refractivity contribution in [2.45, 2.75) is 29.1 Å². The van der Waals surface area contributed by atoms with Gasteiger partial charge in [-0.25, -0.2) is 21.8 Å². The number of ether oxygens (including phenoxy) is 1. The molecular formula is C26H15Cl2F6N3O7S2. The number of pyridine rings is 1. The van der Waals surface area contributed by atoms with Crippen LogP contribution < -0.4 is 8.45 Å². The maximum Gasteiger partial charge on any atom is 0.417 e. The Labute approximate surface area is 266 Å². The predicted octanol–water partition coefficient (Wildman–Crippen LogP) is 8.02. The van der Waals surface area contributed by atoms with Gasteiger partial charge in [0, 0.05) is 12.3 Å². The van der Waals surface area contributed by atoms with Crippen LogP contribution in [-0.4, -0.2) is 26.7 Å². The van der Waals surface area contributed by atoms with Gasteiger partial charge in [-0.2, -0.15) is 30.1 Å². The number of non-ortho nitro benzene ring substituents is 1. The molecule has 0 spiro atoms. The van der Waals surface area contributed by atoms with Crippen molar-refractivity contribution < 1.29 is 52.8 Å². The van der Waals surface area contributed by atoms with Crippen molar-refractivity contribution in [1.82, 2.24) is 4.98 Å². The Morgan fingerprint density at radius 1 is 0.804 bits per heavy atom. The first kappa shape index (κ1) is 34.7. The van der Waals surface area contributed by atoms with E-state index in [-0.39, 0.29) is 23.4 Å². The molecule has 0 atom stereocenters. The molecule has 3 aromatic carbocycles. The van der Waals surface area contributed by atoms with Gasteiger partial charge in [0.05, 0.1) is 42.0 Å². The van der Waals surface area contributed by atoms with Crippen molar-refractivity contribution in [3.05, 3.63) is 110 Å². The number of sulfonamides is 2. The molecule has 46 heavy (non-hydrogen) atoms. The number of nitro benzene ring substituents is 1. The largest absolute Gasteiger partial charge is 0.437 e. The normalized spacial score (nSPS) is 12.5. The molecule has 0 aliphatic carbocycles. The van der Waals surface area contributed by atoms with E-state index in [1.165, 1.54) is 6.92 Å². The fraction of sp³-hybridized carbons (Fsp3) is 0.115. The van der Waals surface area contributed by atoms with E-state index < -0.39 is 89.3 Å². The van der Waals surface area contributed by atoms with Crippen molar-refractivity contribution in [3.63, 3.8) is 0 Å². The van der Waals surface area contributed by atoms with E-state index in [9.17, 15) is 53.3 Å². The summed E-state index contributed by atoms with van der Waals surface area (Å²) in [5.41, 5.74) is -4.80. The van der Waals surface area contributed by atoms with Crippen LogP contribution >= 0.6 is 23.2 Å². The Morgan fingerprint density at radius 2 is 1.30 bits per heavy atom. The molecule has 0 amide bonds. The number of alkyl halides is 6. The minimum absolute atomic E-state index is 0.0352. The highest BCUT2D eigenvalue weighted by atomic mass is 35.5. The second kappa shape index (κ2) is 12.2. The Morgan fingerprint density at radius 3 is 1.76 bits per heavy atom. The summed E-state index contributed by atoms with van der Waals surface area (Å²) in [6.07, 6.45) is -9.38. The molecule has 244 valence electrons. The third-order valence-corrected chi connectivity index (χ3v) is 10.7. The zero-order chi connectivity index (χ0) is 34.4. The molecule has 0 unspecified atom stereocenters. The van der Waals surface area contributed by atoms with Crippen LogP contribution in [0.25, 0.3) is 0 Å². The average molecular weight is 730 g/mol. The van der Waals surface area contributed by atoms with E-state index in [0.29, 0.717) is 24.3 Å². The van der Waals surface area contributed by atoms with E-state index in [4.69, 9.17) is 27.9 Å². The number of halogens is 8. The quantitative estimate of drug-likeness (QED) is 0.101. The highest BCUT2D eigenvalue weighted by Gasteiger charge is 2.43. The molecule has 0 fully saturated rings. The summed E-state index contributed by atoms with van der Waals surface area (Å²) in [5, 5.41) is 9.35. The molecule has 0 N–H and O–H groups in total. The van der Waals surface area contributed by atoms with Gasteiger partial charge in [0.2, 0.25) is 5.88 Å². The van der Waals surface area contributed by atoms with E-state index in [2.05, 4.69) is 4.98 Å². The first-order valence-corrected chi connectivity index (χ1v) is 15.7. The number of nitro groups is 1. The zero-order valence-electron chi connectivity index (χ0n) is 22.5. The summed E-state index contributed by atoms with van der Waals surface area (Å²) in [5.74, 6) is -1.23. The minimum atomic E-state index is -5.73. The lowest BCUT2D eigenvalue weighted by atomic mass is 10.2. The fourth-order valence-electron chi connectivity index (χ4n) is 3.87. The van der Waals surface area contributed by atoms with Crippen molar-refractivity contribution >= 4 is 54.6 Å². The van der Waals surface area contributed by atoms with Crippen LogP contribution in [0.1, 0.15) is 16.7 Å². The van der Waals surface area contributed by atoms with Crippen LogP contribution in [0.15, 0.2) is 82.7 Å². The topological polar surface area (TPSA) is 137 Å². The monoisotopic (exact) mass is 729 g/mol. The standard InChI is InChI=1S/C26H15Cl2F6N3O7S2/c1-14-9-23(24(35-13-14)44-16-4-2-3-15(10-16)36(38)39)37(45(40,41)17-5-7-21(27)19(11-17)25(29,30)31)46(42,43)18-6-8-22(28)20(12-18)26(32,33)34/h2-13H,1H3. The molecule has 0 radical (unpaired) electrons. The Hall–Kier alpha value is -4.13. The van der Waals surface area contributed by atoms with Crippen molar-refractivity contribution in [2.75, 3.05) is 3.71 Å². The number of anilines is 1. The summed E-state index contributed by atoms with van der Waals surface area (Å²) in [7, 11) is -11.5. The molecule has 0 aliphatic rings. The van der Waals surface area contributed by atoms with Crippen LogP contribution in [0, 0.1) is 17.0 Å². The van der Waals surface area contributed by atoms with Gasteiger partial charge in [0.15, 0.2) is 0 Å². The molecule has 4 aromatic rings. The lowest BCUT2D eigenvalue weighted by Crippen LogP contribution is -2.37. The fourth-order valence-corrected chi connectivity index (χ4v) is 8.04. The number of nitrogens with zero attached hydrogens (tertiary/aromatic N) is 3. The zero-order valence-corrected chi connectivity index (χ0v) is 25.6. The number of benzene rings is 3. The molecule has 1 heterocycles. The number of aromatic nitrogens is 1. The van der Waals surface area contributed by atoms with Gasteiger partial charge in [0.1, 0.15) is 11.4 Å². The van der Waals surface area contributed by atoms with Gasteiger partial charge >= 0.3 is 12.4 Å². The Bertz CT molecular complexity index is 1980. The maximum absolute atomic E-state index is 14.1. The van der Waals surface area contributed by atoms with E-state index in [0.717, 1.165) is 36.5 Å². The van der Waals surface area contributed by atoms with Gasteiger partial charge in [-0.05, 0) is 61.0 Å². The molecule has 4 rings (SSSR count). The van der Waals surface area contributed by atoms with Gasteiger partial charge < -0.3 is 4.74 Å². The lowest BCUT2D eigenvalue weighted by Gasteiger charge is -2.26. The molecule has 1 aromatic heterocycles. The number of aryl methyl sites for hydroxylation is 1. The van der Waals surface area contributed by atoms with E-state index >= 15 is 0 Å². The predicted molar refractivity (Wildman–Crippen MR) is 152 cm³/mol. The molecule has 10 nitrogen and oxygen atoms in total. The maximum atomic E-state index is 14.1. The SMILES string of the molecule is Cc1cnc(Oc2cccc([N+](=O)[O-])c2)c(N(S(=O)(=O)c2ccc(Cl)c(C(F)(F)F)c2)S(=O)(=O)c2ccc(Cl)c(C(F)(F)F)c2)c1. The molecule has 0 bridgehead atoms. The van der Waals surface area contributed by atoms with E-state index in [1.54, 1.807) is 0 Å². The molecule has 20 heteroatoms. The molecular weight excluding hydrogens is 715 g/mol. The third-order valence-electron chi connectivity index (χ3n) is 5.93. The van der Waals surface area contributed by atoms with Gasteiger partial charge in [0.25, 0.3) is 25.7 Å². The van der Waals surface area contributed by atoms with Crippen molar-refractivity contribution in [1.29, 1.82) is 0 Å². The van der Waals surface area contributed by atoms with Gasteiger partial charge in [-0.15, -0.1) is 0 Å². The number of hydrogen-bond donors (Lipinski definition) is 0. The van der Waals surface area contributed by atoms with Crippen LogP contribution in [-0.2, 0) is 32.4 Å². The summed E-state index contributed by atoms with van der Waals surface area (Å²) >= 11 is 11.2. The average Bonchev–Trinajstić information content (AvgIpc) is 2.93. The third kappa shape index (κ3) is 6.98. The van der Waals surface area contributed by atoms with E-state index in [1.807, 2.05) is 0 Å². The van der Waals surface area contributed by atoms with Crippen LogP contribution in [0.4, 0.5) is 37.7 Å². The molecule has 0 saturated heterocycles. The summed E-state index contributed by atoms with van der Waals surface area (Å²) in [6.45, 7) is 1.30. The molecule has 0 saturated carbocycles. The van der Waals surface area contributed by atoms with Crippen LogP contribution in [0.3, 0.4) is 0 Å². The lowest BCUT2D eigenvalue weighted by molar-refractivity contribution is -0.384. The second-order valence-electron chi connectivity index (χ2n) is 9.18. The van der Waals surface area contributed by atoms with Crippen molar-refractivity contribution in [2.24, 2.45) is 0 Å². The number of rotatable bonds is 8. The highest BCUT2D eigenvalue weighted by molar-refractivity contribution is 8.10. The smallest absolute Gasteiger partial charge is 0.417 e. The van der Waals surface area contributed by atoms with Crippen molar-refractivity contribution in [3.8, 4) is 11.6 Å². The highest BCUT2D eigenvalue weighted by Crippen LogP contribution is 2.43. The first-order valence-electron chi connectivity index (χ1n) is 12.1. The Balaban J connectivity index is 2.06. The number of hydrogen-bond acceptors (Lipinski definition) is 8.